The first-order valence-electron chi connectivity index (χ1n) is 9.53. The van der Waals surface area contributed by atoms with E-state index in [0.29, 0.717) is 31.2 Å². The molecule has 9 heteroatoms. The van der Waals surface area contributed by atoms with Gasteiger partial charge in [-0.2, -0.15) is 0 Å². The van der Waals surface area contributed by atoms with Crippen LogP contribution in [0.1, 0.15) is 28.2 Å². The molecule has 0 aliphatic heterocycles. The van der Waals surface area contributed by atoms with Crippen LogP contribution in [0.2, 0.25) is 4.34 Å². The number of hydrogen-bond acceptors (Lipinski definition) is 4. The molecule has 0 bridgehead atoms. The molecule has 5 rings (SSSR count). The van der Waals surface area contributed by atoms with Crippen LogP contribution in [0.25, 0.3) is 32.5 Å². The van der Waals surface area contributed by atoms with Crippen molar-refractivity contribution in [3.63, 3.8) is 0 Å². The molecule has 4 aromatic rings. The topological polar surface area (TPSA) is 73.3 Å². The number of H-pyrrole nitrogens is 1. The summed E-state index contributed by atoms with van der Waals surface area (Å²) in [6, 6.07) is 12.9. The molecule has 3 N–H and O–H groups in total. The molecule has 0 atom stereocenters. The van der Waals surface area contributed by atoms with E-state index >= 15 is 0 Å². The zero-order chi connectivity index (χ0) is 20.1. The summed E-state index contributed by atoms with van der Waals surface area (Å²) in [5.74, 6) is 0.0980. The van der Waals surface area contributed by atoms with Crippen molar-refractivity contribution in [3.05, 3.63) is 68.3 Å². The van der Waals surface area contributed by atoms with Crippen LogP contribution < -0.4 is 94.2 Å². The number of nitrogens with one attached hydrogen (secondary N) is 1. The molecule has 0 fully saturated rings. The van der Waals surface area contributed by atoms with E-state index in [1.807, 2.05) is 30.3 Å². The molecular formula is C23H21ClNNa3O3S. The van der Waals surface area contributed by atoms with Gasteiger partial charge in [0, 0.05) is 11.1 Å². The number of aromatic nitrogens is 1. The van der Waals surface area contributed by atoms with Crippen molar-refractivity contribution >= 4 is 33.2 Å². The Morgan fingerprint density at radius 2 is 1.59 bits per heavy atom. The molecule has 152 valence electrons. The predicted octanol–water partition coefficient (Wildman–Crippen LogP) is -2.78. The summed E-state index contributed by atoms with van der Waals surface area (Å²) < 4.78 is 0.419. The van der Waals surface area contributed by atoms with E-state index < -0.39 is 0 Å². The number of aromatic hydroxyl groups is 2. The summed E-state index contributed by atoms with van der Waals surface area (Å²) in [6.07, 6.45) is 3.94. The number of phenolic OH excluding ortho intramolecular Hbond substituents is 1. The van der Waals surface area contributed by atoms with Gasteiger partial charge in [0.1, 0.15) is 20.7 Å². The van der Waals surface area contributed by atoms with E-state index in [9.17, 15) is 15.0 Å². The van der Waals surface area contributed by atoms with Crippen LogP contribution in [0.15, 0.2) is 47.3 Å². The standard InChI is InChI=1S/C23H18ClNO3S.3Na.3H/c24-21-17(15-11-10-12-6-4-5-9-14(12)19(15)26)18-20(27)16(13-7-2-1-3-8-13)22(28)25-23(18)29-21;;;;;;/h1-3,7-8,10-11,26H,4-6,9H2,(H2,25,27,28);;;;;;/q;3*+1;3*-1. The van der Waals surface area contributed by atoms with Gasteiger partial charge in [0.25, 0.3) is 5.56 Å². The summed E-state index contributed by atoms with van der Waals surface area (Å²) >= 11 is 7.74. The number of hydrogen-bond donors (Lipinski definition) is 3. The van der Waals surface area contributed by atoms with Crippen molar-refractivity contribution in [2.24, 2.45) is 0 Å². The molecule has 1 aliphatic rings. The van der Waals surface area contributed by atoms with Crippen molar-refractivity contribution in [2.75, 3.05) is 0 Å². The number of halogens is 1. The fourth-order valence-electron chi connectivity index (χ4n) is 4.24. The monoisotopic (exact) mass is 495 g/mol. The fourth-order valence-corrected chi connectivity index (χ4v) is 5.60. The normalized spacial score (nSPS) is 12.3. The minimum absolute atomic E-state index is 0. The first-order valence-corrected chi connectivity index (χ1v) is 10.7. The Labute approximate surface area is 265 Å². The van der Waals surface area contributed by atoms with E-state index in [1.54, 1.807) is 12.1 Å². The second-order valence-corrected chi connectivity index (χ2v) is 8.93. The van der Waals surface area contributed by atoms with Gasteiger partial charge >= 0.3 is 88.7 Å². The van der Waals surface area contributed by atoms with Crippen LogP contribution in [0.3, 0.4) is 0 Å². The number of phenols is 1. The summed E-state index contributed by atoms with van der Waals surface area (Å²) in [7, 11) is 0. The first kappa shape index (κ1) is 28.5. The Kier molecular flexibility index (Phi) is 10.5. The number of thiophene rings is 1. The van der Waals surface area contributed by atoms with Gasteiger partial charge in [-0.3, -0.25) is 4.79 Å². The minimum atomic E-state index is -0.375. The van der Waals surface area contributed by atoms with Gasteiger partial charge in [-0.25, -0.2) is 0 Å². The summed E-state index contributed by atoms with van der Waals surface area (Å²) in [5.41, 5.74) is 3.71. The Morgan fingerprint density at radius 1 is 0.906 bits per heavy atom. The van der Waals surface area contributed by atoms with Crippen molar-refractivity contribution in [1.29, 1.82) is 0 Å². The van der Waals surface area contributed by atoms with E-state index in [0.717, 1.165) is 36.8 Å². The molecule has 2 aromatic heterocycles. The van der Waals surface area contributed by atoms with Crippen LogP contribution in [-0.4, -0.2) is 15.2 Å². The molecule has 2 heterocycles. The van der Waals surface area contributed by atoms with E-state index in [-0.39, 0.29) is 116 Å². The van der Waals surface area contributed by atoms with Crippen molar-refractivity contribution < 1.29 is 103 Å². The third-order valence-electron chi connectivity index (χ3n) is 5.63. The quantitative estimate of drug-likeness (QED) is 0.263. The zero-order valence-electron chi connectivity index (χ0n) is 21.5. The number of aryl methyl sites for hydroxylation is 1. The number of pyridine rings is 1. The Bertz CT molecular complexity index is 1340. The van der Waals surface area contributed by atoms with E-state index in [2.05, 4.69) is 4.98 Å². The van der Waals surface area contributed by atoms with E-state index in [1.165, 1.54) is 11.3 Å². The Morgan fingerprint density at radius 3 is 2.31 bits per heavy atom. The molecule has 4 nitrogen and oxygen atoms in total. The zero-order valence-corrected chi connectivity index (χ0v) is 26.0. The van der Waals surface area contributed by atoms with Crippen molar-refractivity contribution in [1.82, 2.24) is 4.98 Å². The van der Waals surface area contributed by atoms with Crippen molar-refractivity contribution in [3.8, 4) is 33.8 Å². The molecule has 0 spiro atoms. The third-order valence-corrected chi connectivity index (χ3v) is 6.94. The SMILES string of the molecule is O=c1[nH]c2sc(Cl)c(-c3ccc4c(c3O)CCCC4)c2c(O)c1-c1ccccc1.[H-].[H-].[H-].[Na+].[Na+].[Na+]. The molecule has 0 unspecified atom stereocenters. The number of benzene rings is 2. The second kappa shape index (κ2) is 11.8. The summed E-state index contributed by atoms with van der Waals surface area (Å²) in [4.78, 5) is 16.0. The maximum absolute atomic E-state index is 12.7. The molecule has 0 saturated carbocycles. The predicted molar refractivity (Wildman–Crippen MR) is 122 cm³/mol. The average molecular weight is 496 g/mol. The van der Waals surface area contributed by atoms with Gasteiger partial charge in [-0.05, 0) is 42.4 Å². The number of fused-ring (bicyclic) bond motifs is 2. The smallest absolute Gasteiger partial charge is 1.00 e. The second-order valence-electron chi connectivity index (χ2n) is 7.31. The van der Waals surface area contributed by atoms with Gasteiger partial charge in [0.05, 0.1) is 10.9 Å². The summed E-state index contributed by atoms with van der Waals surface area (Å²) in [6.45, 7) is 0. The van der Waals surface area contributed by atoms with Crippen LogP contribution >= 0.6 is 22.9 Å². The maximum atomic E-state index is 12.7. The molecule has 1 aliphatic carbocycles. The fraction of sp³-hybridized carbons (Fsp3) is 0.174. The van der Waals surface area contributed by atoms with Crippen LogP contribution in [0.4, 0.5) is 0 Å². The molecule has 32 heavy (non-hydrogen) atoms. The average Bonchev–Trinajstić information content (AvgIpc) is 3.05. The first-order chi connectivity index (χ1) is 14.1. The van der Waals surface area contributed by atoms with Crippen LogP contribution in [0.5, 0.6) is 11.5 Å². The van der Waals surface area contributed by atoms with Crippen LogP contribution in [-0.2, 0) is 12.8 Å². The Balaban J connectivity index is 0. The number of rotatable bonds is 2. The minimum Gasteiger partial charge on any atom is -1.00 e. The van der Waals surface area contributed by atoms with E-state index in [4.69, 9.17) is 11.6 Å². The third kappa shape index (κ3) is 4.95. The largest absolute Gasteiger partial charge is 1.00 e. The molecule has 0 saturated heterocycles. The van der Waals surface area contributed by atoms with Gasteiger partial charge in [0.2, 0.25) is 0 Å². The number of aromatic amines is 1. The Hall–Kier alpha value is 0.240. The van der Waals surface area contributed by atoms with Gasteiger partial charge in [-0.15, -0.1) is 11.3 Å². The molecular weight excluding hydrogens is 475 g/mol. The van der Waals surface area contributed by atoms with Crippen LogP contribution in [0, 0.1) is 0 Å². The maximum Gasteiger partial charge on any atom is 1.00 e. The molecule has 0 radical (unpaired) electrons. The molecule has 0 amide bonds. The molecule has 2 aromatic carbocycles. The summed E-state index contributed by atoms with van der Waals surface area (Å²) in [5, 5.41) is 22.6. The van der Waals surface area contributed by atoms with Gasteiger partial charge < -0.3 is 19.5 Å². The van der Waals surface area contributed by atoms with Crippen molar-refractivity contribution in [2.45, 2.75) is 25.7 Å². The van der Waals surface area contributed by atoms with Gasteiger partial charge in [-0.1, -0.05) is 54.1 Å². The van der Waals surface area contributed by atoms with Gasteiger partial charge in [0.15, 0.2) is 0 Å².